The van der Waals surface area contributed by atoms with E-state index in [1.54, 1.807) is 0 Å². The maximum atomic E-state index is 6.29. The van der Waals surface area contributed by atoms with Crippen molar-refractivity contribution >= 4 is 11.4 Å². The molecule has 4 aromatic rings. The van der Waals surface area contributed by atoms with Crippen LogP contribution >= 0.6 is 0 Å². The number of anilines is 2. The van der Waals surface area contributed by atoms with E-state index in [2.05, 4.69) is 70.5 Å². The molecular weight excluding hydrogens is 420 g/mol. The van der Waals surface area contributed by atoms with Gasteiger partial charge in [-0.1, -0.05) is 78.9 Å². The molecule has 1 saturated heterocycles. The summed E-state index contributed by atoms with van der Waals surface area (Å²) in [5.41, 5.74) is 4.69. The first kappa shape index (κ1) is 21.9. The van der Waals surface area contributed by atoms with Gasteiger partial charge in [0.05, 0.1) is 5.69 Å². The molecular formula is C30H30N2O2. The maximum absolute atomic E-state index is 6.29. The highest BCUT2D eigenvalue weighted by Gasteiger charge is 2.21. The molecule has 0 spiro atoms. The van der Waals surface area contributed by atoms with Crippen molar-refractivity contribution in [2.45, 2.75) is 13.2 Å². The number of hydrogen-bond acceptors (Lipinski definition) is 4. The van der Waals surface area contributed by atoms with Crippen LogP contribution in [0.25, 0.3) is 0 Å². The summed E-state index contributed by atoms with van der Waals surface area (Å²) in [7, 11) is 0. The quantitative estimate of drug-likeness (QED) is 0.320. The van der Waals surface area contributed by atoms with Gasteiger partial charge in [-0.2, -0.15) is 0 Å². The lowest BCUT2D eigenvalue weighted by Gasteiger charge is -2.38. The van der Waals surface area contributed by atoms with Crippen molar-refractivity contribution in [1.29, 1.82) is 0 Å². The van der Waals surface area contributed by atoms with Gasteiger partial charge in [-0.25, -0.2) is 0 Å². The van der Waals surface area contributed by atoms with Gasteiger partial charge in [0.25, 0.3) is 0 Å². The van der Waals surface area contributed by atoms with E-state index in [1.807, 2.05) is 48.5 Å². The van der Waals surface area contributed by atoms with Crippen LogP contribution in [0.15, 0.2) is 109 Å². The molecule has 0 atom stereocenters. The van der Waals surface area contributed by atoms with Crippen molar-refractivity contribution in [2.24, 2.45) is 0 Å². The summed E-state index contributed by atoms with van der Waals surface area (Å²) in [6.45, 7) is 4.89. The Balaban J connectivity index is 1.32. The highest BCUT2D eigenvalue weighted by Crippen LogP contribution is 2.34. The van der Waals surface area contributed by atoms with Crippen LogP contribution < -0.4 is 19.3 Å². The van der Waals surface area contributed by atoms with Crippen LogP contribution in [0.4, 0.5) is 11.4 Å². The van der Waals surface area contributed by atoms with Gasteiger partial charge in [0, 0.05) is 37.9 Å². The minimum Gasteiger partial charge on any atom is -0.489 e. The van der Waals surface area contributed by atoms with Gasteiger partial charge in [0.15, 0.2) is 0 Å². The number of benzene rings is 4. The molecule has 1 aliphatic rings. The lowest BCUT2D eigenvalue weighted by atomic mass is 10.2. The predicted octanol–water partition coefficient (Wildman–Crippen LogP) is 6.17. The first-order chi connectivity index (χ1) is 16.8. The molecule has 0 amide bonds. The third-order valence-electron chi connectivity index (χ3n) is 6.16. The molecule has 0 bridgehead atoms. The van der Waals surface area contributed by atoms with E-state index in [-0.39, 0.29) is 0 Å². The summed E-state index contributed by atoms with van der Waals surface area (Å²) in [6, 6.07) is 37.4. The maximum Gasteiger partial charge on any atom is 0.143 e. The van der Waals surface area contributed by atoms with E-state index in [0.717, 1.165) is 54.5 Å². The van der Waals surface area contributed by atoms with Crippen LogP contribution in [0, 0.1) is 0 Å². The fourth-order valence-electron chi connectivity index (χ4n) is 4.28. The molecule has 4 nitrogen and oxygen atoms in total. The van der Waals surface area contributed by atoms with Crippen LogP contribution in [0.3, 0.4) is 0 Å². The lowest BCUT2D eigenvalue weighted by molar-refractivity contribution is 0.297. The molecule has 4 heteroatoms. The fourth-order valence-corrected chi connectivity index (χ4v) is 4.28. The molecule has 0 unspecified atom stereocenters. The summed E-state index contributed by atoms with van der Waals surface area (Å²) in [4.78, 5) is 4.85. The predicted molar refractivity (Wildman–Crippen MR) is 139 cm³/mol. The van der Waals surface area contributed by atoms with Crippen molar-refractivity contribution in [2.75, 3.05) is 36.0 Å². The molecule has 0 saturated carbocycles. The van der Waals surface area contributed by atoms with Crippen molar-refractivity contribution in [3.8, 4) is 11.5 Å². The zero-order valence-corrected chi connectivity index (χ0v) is 19.3. The van der Waals surface area contributed by atoms with Crippen molar-refractivity contribution in [3.63, 3.8) is 0 Å². The monoisotopic (exact) mass is 450 g/mol. The average Bonchev–Trinajstić information content (AvgIpc) is 2.93. The van der Waals surface area contributed by atoms with E-state index in [0.29, 0.717) is 13.2 Å². The summed E-state index contributed by atoms with van der Waals surface area (Å²) in [5, 5.41) is 0. The SMILES string of the molecule is c1ccc(COc2ccc(OCc3ccccc3)c(N3CCN(c4ccccc4)CC3)c2)cc1. The average molecular weight is 451 g/mol. The standard InChI is InChI=1S/C30H30N2O2/c1-4-10-25(11-5-1)23-33-28-16-17-30(34-24-26-12-6-2-7-13-26)29(22-28)32-20-18-31(19-21-32)27-14-8-3-9-15-27/h1-17,22H,18-21,23-24H2. The second kappa shape index (κ2) is 10.8. The Bertz CT molecular complexity index is 1160. The Morgan fingerprint density at radius 3 is 1.68 bits per heavy atom. The van der Waals surface area contributed by atoms with E-state index in [9.17, 15) is 0 Å². The third-order valence-corrected chi connectivity index (χ3v) is 6.16. The van der Waals surface area contributed by atoms with Crippen molar-refractivity contribution in [1.82, 2.24) is 0 Å². The topological polar surface area (TPSA) is 24.9 Å². The Hall–Kier alpha value is -3.92. The minimum absolute atomic E-state index is 0.544. The van der Waals surface area contributed by atoms with Gasteiger partial charge in [-0.05, 0) is 35.4 Å². The number of para-hydroxylation sites is 1. The summed E-state index contributed by atoms with van der Waals surface area (Å²) in [5.74, 6) is 1.75. The molecule has 0 aliphatic carbocycles. The molecule has 5 rings (SSSR count). The van der Waals surface area contributed by atoms with Crippen LogP contribution in [-0.2, 0) is 13.2 Å². The smallest absolute Gasteiger partial charge is 0.143 e. The Morgan fingerprint density at radius 1 is 0.529 bits per heavy atom. The van der Waals surface area contributed by atoms with Crippen molar-refractivity contribution in [3.05, 3.63) is 120 Å². The Labute approximate surface area is 202 Å². The zero-order valence-electron chi connectivity index (χ0n) is 19.3. The van der Waals surface area contributed by atoms with E-state index >= 15 is 0 Å². The third kappa shape index (κ3) is 5.52. The summed E-state index contributed by atoms with van der Waals surface area (Å²) >= 11 is 0. The first-order valence-electron chi connectivity index (χ1n) is 11.9. The van der Waals surface area contributed by atoms with Gasteiger partial charge in [0.1, 0.15) is 24.7 Å². The summed E-state index contributed by atoms with van der Waals surface area (Å²) in [6.07, 6.45) is 0. The number of nitrogens with zero attached hydrogens (tertiary/aromatic N) is 2. The minimum atomic E-state index is 0.544. The Kier molecular flexibility index (Phi) is 6.96. The number of ether oxygens (including phenoxy) is 2. The second-order valence-electron chi connectivity index (χ2n) is 8.49. The largest absolute Gasteiger partial charge is 0.489 e. The van der Waals surface area contributed by atoms with Gasteiger partial charge >= 0.3 is 0 Å². The molecule has 1 fully saturated rings. The summed E-state index contributed by atoms with van der Waals surface area (Å²) < 4.78 is 12.4. The molecule has 1 aliphatic heterocycles. The van der Waals surface area contributed by atoms with Crippen LogP contribution in [-0.4, -0.2) is 26.2 Å². The molecule has 172 valence electrons. The van der Waals surface area contributed by atoms with Gasteiger partial charge in [0.2, 0.25) is 0 Å². The van der Waals surface area contributed by atoms with Gasteiger partial charge < -0.3 is 19.3 Å². The number of hydrogen-bond donors (Lipinski definition) is 0. The fraction of sp³-hybridized carbons (Fsp3) is 0.200. The van der Waals surface area contributed by atoms with Crippen LogP contribution in [0.5, 0.6) is 11.5 Å². The van der Waals surface area contributed by atoms with Gasteiger partial charge in [-0.3, -0.25) is 0 Å². The van der Waals surface area contributed by atoms with Crippen molar-refractivity contribution < 1.29 is 9.47 Å². The molecule has 0 aromatic heterocycles. The van der Waals surface area contributed by atoms with E-state index < -0.39 is 0 Å². The number of piperazine rings is 1. The van der Waals surface area contributed by atoms with Crippen LogP contribution in [0.2, 0.25) is 0 Å². The molecule has 0 N–H and O–H groups in total. The Morgan fingerprint density at radius 2 is 1.06 bits per heavy atom. The highest BCUT2D eigenvalue weighted by molar-refractivity contribution is 5.63. The molecule has 4 aromatic carbocycles. The van der Waals surface area contributed by atoms with E-state index in [1.165, 1.54) is 5.69 Å². The normalized spacial score (nSPS) is 13.5. The number of rotatable bonds is 8. The van der Waals surface area contributed by atoms with E-state index in [4.69, 9.17) is 9.47 Å². The molecule has 0 radical (unpaired) electrons. The van der Waals surface area contributed by atoms with Crippen LogP contribution in [0.1, 0.15) is 11.1 Å². The first-order valence-corrected chi connectivity index (χ1v) is 11.9. The lowest BCUT2D eigenvalue weighted by Crippen LogP contribution is -2.46. The second-order valence-corrected chi connectivity index (χ2v) is 8.49. The highest BCUT2D eigenvalue weighted by atomic mass is 16.5. The molecule has 34 heavy (non-hydrogen) atoms. The zero-order chi connectivity index (χ0) is 23.0. The molecule has 1 heterocycles. The van der Waals surface area contributed by atoms with Gasteiger partial charge in [-0.15, -0.1) is 0 Å².